The van der Waals surface area contributed by atoms with Crippen molar-refractivity contribution in [2.45, 2.75) is 13.5 Å². The zero-order valence-corrected chi connectivity index (χ0v) is 9.25. The van der Waals surface area contributed by atoms with Crippen LogP contribution in [0.1, 0.15) is 10.6 Å². The summed E-state index contributed by atoms with van der Waals surface area (Å²) in [6.07, 6.45) is 1.77. The Bertz CT molecular complexity index is 440. The number of nitrogen functional groups attached to an aromatic ring is 1. The van der Waals surface area contributed by atoms with E-state index >= 15 is 0 Å². The number of thiazole rings is 1. The lowest BCUT2D eigenvalue weighted by Gasteiger charge is -2.07. The van der Waals surface area contributed by atoms with Crippen LogP contribution in [0.15, 0.2) is 29.8 Å². The van der Waals surface area contributed by atoms with E-state index in [2.05, 4.69) is 4.98 Å². The maximum atomic E-state index is 5.68. The first kappa shape index (κ1) is 9.98. The maximum Gasteiger partial charge on any atom is 0.140 e. The molecular formula is C11H12N2OS. The van der Waals surface area contributed by atoms with Gasteiger partial charge in [0.25, 0.3) is 0 Å². The Hall–Kier alpha value is -1.55. The molecule has 0 saturated carbocycles. The summed E-state index contributed by atoms with van der Waals surface area (Å²) < 4.78 is 5.63. The van der Waals surface area contributed by atoms with E-state index in [4.69, 9.17) is 10.5 Å². The molecule has 15 heavy (non-hydrogen) atoms. The summed E-state index contributed by atoms with van der Waals surface area (Å²) in [6, 6.07) is 5.65. The molecule has 78 valence electrons. The van der Waals surface area contributed by atoms with Crippen LogP contribution in [0, 0.1) is 6.92 Å². The van der Waals surface area contributed by atoms with Gasteiger partial charge in [0.05, 0.1) is 0 Å². The summed E-state index contributed by atoms with van der Waals surface area (Å²) in [4.78, 5) is 4.15. The molecule has 0 amide bonds. The molecule has 2 rings (SSSR count). The third-order valence-corrected chi connectivity index (χ3v) is 2.80. The number of aryl methyl sites for hydroxylation is 1. The minimum absolute atomic E-state index is 0.502. The Morgan fingerprint density at radius 3 is 3.07 bits per heavy atom. The summed E-state index contributed by atoms with van der Waals surface area (Å²) >= 11 is 1.58. The standard InChI is InChI=1S/C11H12N2OS/c1-8-2-3-9(12)6-10(8)14-7-11-13-4-5-15-11/h2-6H,7,12H2,1H3. The second-order valence-electron chi connectivity index (χ2n) is 3.24. The van der Waals surface area contributed by atoms with Crippen molar-refractivity contribution in [3.63, 3.8) is 0 Å². The molecule has 0 saturated heterocycles. The highest BCUT2D eigenvalue weighted by Crippen LogP contribution is 2.22. The molecule has 2 N–H and O–H groups in total. The molecule has 1 aromatic heterocycles. The van der Waals surface area contributed by atoms with Gasteiger partial charge < -0.3 is 10.5 Å². The monoisotopic (exact) mass is 220 g/mol. The molecule has 0 atom stereocenters. The van der Waals surface area contributed by atoms with Crippen molar-refractivity contribution < 1.29 is 4.74 Å². The minimum atomic E-state index is 0.502. The fraction of sp³-hybridized carbons (Fsp3) is 0.182. The molecule has 4 heteroatoms. The van der Waals surface area contributed by atoms with Crippen molar-refractivity contribution in [2.75, 3.05) is 5.73 Å². The van der Waals surface area contributed by atoms with Gasteiger partial charge in [-0.25, -0.2) is 4.98 Å². The third-order valence-electron chi connectivity index (χ3n) is 2.05. The average molecular weight is 220 g/mol. The van der Waals surface area contributed by atoms with Crippen LogP contribution in [0.5, 0.6) is 5.75 Å². The van der Waals surface area contributed by atoms with E-state index in [1.807, 2.05) is 30.5 Å². The Morgan fingerprint density at radius 1 is 1.47 bits per heavy atom. The van der Waals surface area contributed by atoms with Gasteiger partial charge in [-0.05, 0) is 18.6 Å². The summed E-state index contributed by atoms with van der Waals surface area (Å²) in [5, 5.41) is 2.90. The predicted octanol–water partition coefficient (Wildman–Crippen LogP) is 2.61. The fourth-order valence-corrected chi connectivity index (χ4v) is 1.76. The fourth-order valence-electron chi connectivity index (χ4n) is 1.24. The van der Waals surface area contributed by atoms with E-state index in [1.54, 1.807) is 17.5 Å². The van der Waals surface area contributed by atoms with Crippen molar-refractivity contribution >= 4 is 17.0 Å². The molecule has 0 spiro atoms. The number of hydrogen-bond acceptors (Lipinski definition) is 4. The topological polar surface area (TPSA) is 48.1 Å². The predicted molar refractivity (Wildman–Crippen MR) is 62.0 cm³/mol. The van der Waals surface area contributed by atoms with Gasteiger partial charge in [0.2, 0.25) is 0 Å². The van der Waals surface area contributed by atoms with Gasteiger partial charge in [-0.15, -0.1) is 11.3 Å². The number of nitrogens with zero attached hydrogens (tertiary/aromatic N) is 1. The molecule has 0 bridgehead atoms. The molecule has 2 aromatic rings. The SMILES string of the molecule is Cc1ccc(N)cc1OCc1nccs1. The van der Waals surface area contributed by atoms with Crippen LogP contribution >= 0.6 is 11.3 Å². The molecule has 0 unspecified atom stereocenters. The molecule has 0 radical (unpaired) electrons. The first-order chi connectivity index (χ1) is 7.25. The molecule has 0 aliphatic rings. The minimum Gasteiger partial charge on any atom is -0.486 e. The van der Waals surface area contributed by atoms with Gasteiger partial charge in [0, 0.05) is 23.3 Å². The van der Waals surface area contributed by atoms with E-state index in [9.17, 15) is 0 Å². The lowest BCUT2D eigenvalue weighted by Crippen LogP contribution is -1.97. The van der Waals surface area contributed by atoms with Gasteiger partial charge in [-0.3, -0.25) is 0 Å². The molecule has 3 nitrogen and oxygen atoms in total. The summed E-state index contributed by atoms with van der Waals surface area (Å²) in [6.45, 7) is 2.50. The Kier molecular flexibility index (Phi) is 2.87. The summed E-state index contributed by atoms with van der Waals surface area (Å²) in [7, 11) is 0. The van der Waals surface area contributed by atoms with Gasteiger partial charge >= 0.3 is 0 Å². The number of aromatic nitrogens is 1. The largest absolute Gasteiger partial charge is 0.486 e. The lowest BCUT2D eigenvalue weighted by atomic mass is 10.2. The number of hydrogen-bond donors (Lipinski definition) is 1. The van der Waals surface area contributed by atoms with Crippen molar-refractivity contribution in [1.82, 2.24) is 4.98 Å². The van der Waals surface area contributed by atoms with Crippen molar-refractivity contribution in [2.24, 2.45) is 0 Å². The third kappa shape index (κ3) is 2.47. The first-order valence-electron chi connectivity index (χ1n) is 4.63. The highest BCUT2D eigenvalue weighted by molar-refractivity contribution is 7.09. The highest BCUT2D eigenvalue weighted by atomic mass is 32.1. The highest BCUT2D eigenvalue weighted by Gasteiger charge is 2.01. The average Bonchev–Trinajstić information content (AvgIpc) is 2.72. The second kappa shape index (κ2) is 4.31. The first-order valence-corrected chi connectivity index (χ1v) is 5.51. The molecule has 1 aromatic carbocycles. The molecule has 0 aliphatic carbocycles. The van der Waals surface area contributed by atoms with Crippen LogP contribution in [-0.4, -0.2) is 4.98 Å². The van der Waals surface area contributed by atoms with Crippen LogP contribution in [0.4, 0.5) is 5.69 Å². The van der Waals surface area contributed by atoms with Crippen LogP contribution in [0.25, 0.3) is 0 Å². The van der Waals surface area contributed by atoms with E-state index in [-0.39, 0.29) is 0 Å². The Labute approximate surface area is 92.5 Å². The number of rotatable bonds is 3. The van der Waals surface area contributed by atoms with Crippen LogP contribution in [-0.2, 0) is 6.61 Å². The van der Waals surface area contributed by atoms with Crippen LogP contribution in [0.2, 0.25) is 0 Å². The molecule has 1 heterocycles. The van der Waals surface area contributed by atoms with E-state index < -0.39 is 0 Å². The van der Waals surface area contributed by atoms with E-state index in [1.165, 1.54) is 0 Å². The van der Waals surface area contributed by atoms with Crippen molar-refractivity contribution in [1.29, 1.82) is 0 Å². The lowest BCUT2D eigenvalue weighted by molar-refractivity contribution is 0.303. The van der Waals surface area contributed by atoms with Crippen molar-refractivity contribution in [3.05, 3.63) is 40.3 Å². The number of nitrogens with two attached hydrogens (primary N) is 1. The Balaban J connectivity index is 2.07. The summed E-state index contributed by atoms with van der Waals surface area (Å²) in [5.74, 6) is 0.824. The normalized spacial score (nSPS) is 10.2. The van der Waals surface area contributed by atoms with E-state index in [0.29, 0.717) is 6.61 Å². The number of benzene rings is 1. The Morgan fingerprint density at radius 2 is 2.33 bits per heavy atom. The van der Waals surface area contributed by atoms with Gasteiger partial charge in [0.1, 0.15) is 17.4 Å². The molecule has 0 fully saturated rings. The van der Waals surface area contributed by atoms with Crippen LogP contribution < -0.4 is 10.5 Å². The van der Waals surface area contributed by atoms with Crippen LogP contribution in [0.3, 0.4) is 0 Å². The zero-order chi connectivity index (χ0) is 10.7. The number of ether oxygens (including phenoxy) is 1. The van der Waals surface area contributed by atoms with Gasteiger partial charge in [0.15, 0.2) is 0 Å². The van der Waals surface area contributed by atoms with Crippen molar-refractivity contribution in [3.8, 4) is 5.75 Å². The van der Waals surface area contributed by atoms with E-state index in [0.717, 1.165) is 22.0 Å². The summed E-state index contributed by atoms with van der Waals surface area (Å²) in [5.41, 5.74) is 7.48. The quantitative estimate of drug-likeness (QED) is 0.809. The van der Waals surface area contributed by atoms with Gasteiger partial charge in [-0.2, -0.15) is 0 Å². The molecular weight excluding hydrogens is 208 g/mol. The maximum absolute atomic E-state index is 5.68. The van der Waals surface area contributed by atoms with Gasteiger partial charge in [-0.1, -0.05) is 6.07 Å². The zero-order valence-electron chi connectivity index (χ0n) is 8.43. The molecule has 0 aliphatic heterocycles. The second-order valence-corrected chi connectivity index (χ2v) is 4.22. The smallest absolute Gasteiger partial charge is 0.140 e. The number of anilines is 1.